The molecule has 2 heterocycles. The number of carbonyl (C=O) groups is 3. The van der Waals surface area contributed by atoms with E-state index in [0.29, 0.717) is 0 Å². The maximum atomic E-state index is 12.0. The van der Waals surface area contributed by atoms with Gasteiger partial charge in [0.25, 0.3) is 11.6 Å². The Balaban J connectivity index is 1.78. The number of esters is 2. The summed E-state index contributed by atoms with van der Waals surface area (Å²) in [6.45, 7) is 12.4. The molecule has 28 heavy (non-hydrogen) atoms. The molecule has 0 N–H and O–H groups in total. The quantitative estimate of drug-likeness (QED) is 0.175. The predicted molar refractivity (Wildman–Crippen MR) is 87.3 cm³/mol. The summed E-state index contributed by atoms with van der Waals surface area (Å²) in [7, 11) is 0. The zero-order valence-corrected chi connectivity index (χ0v) is 16.0. The van der Waals surface area contributed by atoms with Crippen LogP contribution in [0, 0.1) is 0 Å². The standard InChI is InChI=1S/C17H22O11/c1-9(7-11-25-26-11)13(18)21-16(3,4)23-15(20)24-17(5,6)22-14(19)10(2)8-12-27-28-12/h11-12H,1-2,7-8H2,3-6H3. The molecule has 2 aliphatic rings. The van der Waals surface area contributed by atoms with E-state index in [1.807, 2.05) is 0 Å². The molecule has 156 valence electrons. The van der Waals surface area contributed by atoms with Crippen molar-refractivity contribution in [2.45, 2.75) is 64.7 Å². The highest BCUT2D eigenvalue weighted by atomic mass is 17.4. The number of hydrogen-bond acceptors (Lipinski definition) is 11. The zero-order chi connectivity index (χ0) is 21.1. The number of ether oxygens (including phenoxy) is 4. The van der Waals surface area contributed by atoms with E-state index in [-0.39, 0.29) is 24.0 Å². The van der Waals surface area contributed by atoms with E-state index in [4.69, 9.17) is 18.9 Å². The normalized spacial score (nSPS) is 16.7. The van der Waals surface area contributed by atoms with Crippen molar-refractivity contribution in [3.8, 4) is 0 Å². The molecule has 2 rings (SSSR count). The number of hydrogen-bond donors (Lipinski definition) is 0. The fraction of sp³-hybridized carbons (Fsp3) is 0.588. The Kier molecular flexibility index (Phi) is 6.44. The Labute approximate surface area is 160 Å². The maximum absolute atomic E-state index is 12.0. The lowest BCUT2D eigenvalue weighted by Crippen LogP contribution is -2.39. The molecule has 0 spiro atoms. The molecule has 0 aromatic heterocycles. The van der Waals surface area contributed by atoms with Gasteiger partial charge in [-0.3, -0.25) is 0 Å². The molecule has 0 bridgehead atoms. The second-order valence-electron chi connectivity index (χ2n) is 6.89. The molecule has 0 atom stereocenters. The van der Waals surface area contributed by atoms with Crippen LogP contribution in [0.3, 0.4) is 0 Å². The summed E-state index contributed by atoms with van der Waals surface area (Å²) in [5.41, 5.74) is 0.146. The summed E-state index contributed by atoms with van der Waals surface area (Å²) in [6, 6.07) is 0. The molecule has 2 aliphatic heterocycles. The van der Waals surface area contributed by atoms with Crippen molar-refractivity contribution in [3.05, 3.63) is 24.3 Å². The first-order chi connectivity index (χ1) is 12.9. The first-order valence-corrected chi connectivity index (χ1v) is 8.25. The second-order valence-corrected chi connectivity index (χ2v) is 6.89. The van der Waals surface area contributed by atoms with Crippen molar-refractivity contribution in [3.63, 3.8) is 0 Å². The van der Waals surface area contributed by atoms with Crippen LogP contribution < -0.4 is 0 Å². The zero-order valence-electron chi connectivity index (χ0n) is 16.0. The summed E-state index contributed by atoms with van der Waals surface area (Å²) >= 11 is 0. The SMILES string of the molecule is C=C(CC1OO1)C(=O)OC(C)(C)OC(=O)OC(C)(C)OC(=O)C(=C)CC1OO1. The second kappa shape index (κ2) is 8.27. The molecular weight excluding hydrogens is 380 g/mol. The van der Waals surface area contributed by atoms with Gasteiger partial charge in [-0.1, -0.05) is 13.2 Å². The van der Waals surface area contributed by atoms with Crippen molar-refractivity contribution >= 4 is 18.1 Å². The third-order valence-electron chi connectivity index (χ3n) is 3.20. The predicted octanol–water partition coefficient (Wildman–Crippen LogP) is 2.17. The molecule has 0 saturated carbocycles. The fourth-order valence-electron chi connectivity index (χ4n) is 1.84. The van der Waals surface area contributed by atoms with Gasteiger partial charge in [0, 0.05) is 51.7 Å². The lowest BCUT2D eigenvalue weighted by molar-refractivity contribution is -0.223. The van der Waals surface area contributed by atoms with Crippen molar-refractivity contribution in [2.75, 3.05) is 0 Å². The molecule has 0 amide bonds. The van der Waals surface area contributed by atoms with E-state index >= 15 is 0 Å². The Bertz CT molecular complexity index is 615. The van der Waals surface area contributed by atoms with Crippen molar-refractivity contribution in [2.24, 2.45) is 0 Å². The molecule has 11 nitrogen and oxygen atoms in total. The Morgan fingerprint density at radius 1 is 0.714 bits per heavy atom. The van der Waals surface area contributed by atoms with E-state index in [9.17, 15) is 14.4 Å². The third-order valence-corrected chi connectivity index (χ3v) is 3.20. The Morgan fingerprint density at radius 2 is 1.04 bits per heavy atom. The van der Waals surface area contributed by atoms with Gasteiger partial charge in [-0.25, -0.2) is 14.4 Å². The van der Waals surface area contributed by atoms with Gasteiger partial charge in [0.1, 0.15) is 0 Å². The van der Waals surface area contributed by atoms with Gasteiger partial charge in [-0.05, 0) is 0 Å². The molecule has 0 aliphatic carbocycles. The minimum absolute atomic E-state index is 0.0731. The van der Waals surface area contributed by atoms with Crippen LogP contribution in [0.2, 0.25) is 0 Å². The average Bonchev–Trinajstić information content (AvgIpc) is 3.40. The van der Waals surface area contributed by atoms with Gasteiger partial charge >= 0.3 is 18.1 Å². The largest absolute Gasteiger partial charge is 0.514 e. The maximum Gasteiger partial charge on any atom is 0.514 e. The summed E-state index contributed by atoms with van der Waals surface area (Å²) in [4.78, 5) is 53.9. The van der Waals surface area contributed by atoms with E-state index in [1.54, 1.807) is 0 Å². The smallest absolute Gasteiger partial charge is 0.420 e. The summed E-state index contributed by atoms with van der Waals surface area (Å²) in [5, 5.41) is 0. The van der Waals surface area contributed by atoms with Crippen molar-refractivity contribution < 1.29 is 52.9 Å². The fourth-order valence-corrected chi connectivity index (χ4v) is 1.84. The molecule has 0 aromatic rings. The lowest BCUT2D eigenvalue weighted by atomic mass is 10.2. The molecule has 2 fully saturated rings. The van der Waals surface area contributed by atoms with Gasteiger partial charge < -0.3 is 18.9 Å². The van der Waals surface area contributed by atoms with E-state index in [2.05, 4.69) is 32.7 Å². The lowest BCUT2D eigenvalue weighted by Gasteiger charge is -2.29. The highest BCUT2D eigenvalue weighted by Crippen LogP contribution is 2.25. The first kappa shape index (κ1) is 21.8. The molecule has 0 radical (unpaired) electrons. The van der Waals surface area contributed by atoms with Crippen LogP contribution in [0.25, 0.3) is 0 Å². The van der Waals surface area contributed by atoms with Gasteiger partial charge in [0.2, 0.25) is 12.6 Å². The van der Waals surface area contributed by atoms with Crippen LogP contribution in [0.4, 0.5) is 4.79 Å². The number of carbonyl (C=O) groups excluding carboxylic acids is 3. The minimum Gasteiger partial charge on any atom is -0.420 e. The molecule has 0 aromatic carbocycles. The number of rotatable bonds is 10. The highest BCUT2D eigenvalue weighted by Gasteiger charge is 2.37. The van der Waals surface area contributed by atoms with Crippen LogP contribution in [0.5, 0.6) is 0 Å². The minimum atomic E-state index is -1.67. The molecule has 11 heteroatoms. The van der Waals surface area contributed by atoms with Crippen LogP contribution in [-0.4, -0.2) is 42.2 Å². The molecule has 0 unspecified atom stereocenters. The van der Waals surface area contributed by atoms with Crippen molar-refractivity contribution in [1.29, 1.82) is 0 Å². The van der Waals surface area contributed by atoms with Gasteiger partial charge in [-0.2, -0.15) is 19.6 Å². The van der Waals surface area contributed by atoms with Gasteiger partial charge in [-0.15, -0.1) is 0 Å². The van der Waals surface area contributed by atoms with Crippen LogP contribution >= 0.6 is 0 Å². The Morgan fingerprint density at radius 3 is 1.32 bits per heavy atom. The Hall–Kier alpha value is -2.47. The summed E-state index contributed by atoms with van der Waals surface area (Å²) < 4.78 is 20.1. The summed E-state index contributed by atoms with van der Waals surface area (Å²) in [6.07, 6.45) is -2.06. The first-order valence-electron chi connectivity index (χ1n) is 8.25. The van der Waals surface area contributed by atoms with Crippen LogP contribution in [0.1, 0.15) is 40.5 Å². The van der Waals surface area contributed by atoms with Gasteiger partial charge in [0.05, 0.1) is 0 Å². The van der Waals surface area contributed by atoms with Crippen molar-refractivity contribution in [1.82, 2.24) is 0 Å². The topological polar surface area (TPSA) is 138 Å². The third kappa shape index (κ3) is 7.64. The van der Waals surface area contributed by atoms with Crippen LogP contribution in [-0.2, 0) is 48.1 Å². The van der Waals surface area contributed by atoms with Crippen LogP contribution in [0.15, 0.2) is 24.3 Å². The molecular formula is C17H22O11. The average molecular weight is 402 g/mol. The van der Waals surface area contributed by atoms with E-state index < -0.39 is 42.2 Å². The van der Waals surface area contributed by atoms with E-state index in [0.717, 1.165) is 0 Å². The van der Waals surface area contributed by atoms with E-state index in [1.165, 1.54) is 27.7 Å². The highest BCUT2D eigenvalue weighted by molar-refractivity contribution is 5.88. The monoisotopic (exact) mass is 402 g/mol. The summed E-state index contributed by atoms with van der Waals surface area (Å²) in [5.74, 6) is -4.95. The molecule has 2 saturated heterocycles. The van der Waals surface area contributed by atoms with Gasteiger partial charge in [0.15, 0.2) is 0 Å².